The molecule has 0 bridgehead atoms. The van der Waals surface area contributed by atoms with Crippen LogP contribution in [0.15, 0.2) is 18.2 Å². The molecule has 1 aliphatic heterocycles. The minimum Gasteiger partial charge on any atom is -0.383 e. The number of amides is 4. The first kappa shape index (κ1) is 18.2. The Balaban J connectivity index is 1.63. The molecule has 0 radical (unpaired) electrons. The first-order valence-corrected chi connectivity index (χ1v) is 8.72. The number of urea groups is 1. The minimum absolute atomic E-state index is 0.0381. The van der Waals surface area contributed by atoms with Crippen LogP contribution in [0.3, 0.4) is 0 Å². The number of ether oxygens (including phenoxy) is 1. The zero-order chi connectivity index (χ0) is 18.7. The summed E-state index contributed by atoms with van der Waals surface area (Å²) in [6.45, 7) is 3.01. The van der Waals surface area contributed by atoms with E-state index < -0.39 is 0 Å². The molecular weight excluding hydrogens is 336 g/mol. The Labute approximate surface area is 152 Å². The van der Waals surface area contributed by atoms with Crippen LogP contribution in [0.25, 0.3) is 0 Å². The first-order valence-electron chi connectivity index (χ1n) is 8.72. The van der Waals surface area contributed by atoms with Gasteiger partial charge in [0.15, 0.2) is 0 Å². The largest absolute Gasteiger partial charge is 0.383 e. The number of carbonyl (C=O) groups is 3. The number of aryl methyl sites for hydroxylation is 1. The first-order chi connectivity index (χ1) is 12.5. The average Bonchev–Trinajstić information content (AvgIpc) is 3.35. The molecule has 8 heteroatoms. The number of hydrogen-bond donors (Lipinski definition) is 2. The van der Waals surface area contributed by atoms with Crippen molar-refractivity contribution in [3.63, 3.8) is 0 Å². The van der Waals surface area contributed by atoms with Crippen molar-refractivity contribution in [2.75, 3.05) is 38.8 Å². The summed E-state index contributed by atoms with van der Waals surface area (Å²) in [5, 5.41) is 5.74. The minimum atomic E-state index is -0.360. The molecule has 1 heterocycles. The number of nitrogens with zero attached hydrogens (tertiary/aromatic N) is 2. The van der Waals surface area contributed by atoms with Gasteiger partial charge in [0.05, 0.1) is 13.3 Å². The third-order valence-corrected chi connectivity index (χ3v) is 4.53. The molecule has 140 valence electrons. The van der Waals surface area contributed by atoms with Gasteiger partial charge in [0.2, 0.25) is 5.91 Å². The highest BCUT2D eigenvalue weighted by molar-refractivity contribution is 5.98. The topological polar surface area (TPSA) is 91.0 Å². The van der Waals surface area contributed by atoms with Crippen LogP contribution < -0.4 is 10.6 Å². The maximum Gasteiger partial charge on any atom is 0.323 e. The fourth-order valence-corrected chi connectivity index (χ4v) is 2.72. The number of benzene rings is 1. The van der Waals surface area contributed by atoms with Gasteiger partial charge in [-0.3, -0.25) is 14.5 Å². The van der Waals surface area contributed by atoms with Gasteiger partial charge in [-0.1, -0.05) is 6.07 Å². The van der Waals surface area contributed by atoms with Crippen molar-refractivity contribution in [1.29, 1.82) is 0 Å². The molecule has 1 saturated carbocycles. The SMILES string of the molecule is COCCN1CN(C(=O)Nc2cc(C(=O)NC3CC3)ccc2C)CC1=O. The van der Waals surface area contributed by atoms with Crippen molar-refractivity contribution < 1.29 is 19.1 Å². The maximum atomic E-state index is 12.5. The lowest BCUT2D eigenvalue weighted by Crippen LogP contribution is -2.35. The lowest BCUT2D eigenvalue weighted by molar-refractivity contribution is -0.127. The van der Waals surface area contributed by atoms with E-state index in [0.29, 0.717) is 24.4 Å². The molecule has 8 nitrogen and oxygen atoms in total. The molecule has 2 aliphatic rings. The van der Waals surface area contributed by atoms with Crippen LogP contribution in [0.5, 0.6) is 0 Å². The van der Waals surface area contributed by atoms with Crippen molar-refractivity contribution in [2.24, 2.45) is 0 Å². The summed E-state index contributed by atoms with van der Waals surface area (Å²) in [5.41, 5.74) is 1.93. The summed E-state index contributed by atoms with van der Waals surface area (Å²) in [4.78, 5) is 39.7. The fraction of sp³-hybridized carbons (Fsp3) is 0.500. The molecule has 4 amide bonds. The van der Waals surface area contributed by atoms with E-state index in [1.807, 2.05) is 6.92 Å². The zero-order valence-electron chi connectivity index (χ0n) is 15.1. The van der Waals surface area contributed by atoms with Gasteiger partial charge in [-0.2, -0.15) is 0 Å². The number of hydrogen-bond acceptors (Lipinski definition) is 4. The summed E-state index contributed by atoms with van der Waals surface area (Å²) in [6.07, 6.45) is 2.04. The lowest BCUT2D eigenvalue weighted by atomic mass is 10.1. The predicted molar refractivity (Wildman–Crippen MR) is 95.8 cm³/mol. The highest BCUT2D eigenvalue weighted by atomic mass is 16.5. The molecule has 0 aromatic heterocycles. The van der Waals surface area contributed by atoms with E-state index in [1.165, 1.54) is 4.90 Å². The number of rotatable bonds is 6. The molecule has 0 atom stereocenters. The van der Waals surface area contributed by atoms with Crippen molar-refractivity contribution in [1.82, 2.24) is 15.1 Å². The molecule has 0 unspecified atom stereocenters. The number of anilines is 1. The molecular formula is C18H24N4O4. The summed E-state index contributed by atoms with van der Waals surface area (Å²) in [7, 11) is 1.57. The average molecular weight is 360 g/mol. The zero-order valence-corrected chi connectivity index (χ0v) is 15.1. The predicted octanol–water partition coefficient (Wildman–Crippen LogP) is 1.17. The summed E-state index contributed by atoms with van der Waals surface area (Å²) in [6, 6.07) is 5.13. The molecule has 1 aromatic rings. The van der Waals surface area contributed by atoms with Crippen LogP contribution >= 0.6 is 0 Å². The van der Waals surface area contributed by atoms with Gasteiger partial charge in [-0.15, -0.1) is 0 Å². The van der Waals surface area contributed by atoms with Gasteiger partial charge in [-0.25, -0.2) is 4.79 Å². The number of methoxy groups -OCH3 is 1. The van der Waals surface area contributed by atoms with Gasteiger partial charge >= 0.3 is 6.03 Å². The summed E-state index contributed by atoms with van der Waals surface area (Å²) < 4.78 is 4.98. The van der Waals surface area contributed by atoms with Gasteiger partial charge in [0.1, 0.15) is 6.54 Å². The van der Waals surface area contributed by atoms with Crippen LogP contribution in [-0.4, -0.2) is 67.2 Å². The fourth-order valence-electron chi connectivity index (χ4n) is 2.72. The molecule has 2 fully saturated rings. The monoisotopic (exact) mass is 360 g/mol. The Morgan fingerprint density at radius 2 is 2.08 bits per heavy atom. The molecule has 1 saturated heterocycles. The van der Waals surface area contributed by atoms with E-state index in [9.17, 15) is 14.4 Å². The van der Waals surface area contributed by atoms with Crippen molar-refractivity contribution in [3.8, 4) is 0 Å². The van der Waals surface area contributed by atoms with Crippen molar-refractivity contribution in [3.05, 3.63) is 29.3 Å². The molecule has 26 heavy (non-hydrogen) atoms. The molecule has 0 spiro atoms. The van der Waals surface area contributed by atoms with E-state index in [-0.39, 0.29) is 37.1 Å². The van der Waals surface area contributed by atoms with Crippen LogP contribution in [0.1, 0.15) is 28.8 Å². The van der Waals surface area contributed by atoms with E-state index in [0.717, 1.165) is 18.4 Å². The van der Waals surface area contributed by atoms with Crippen LogP contribution in [-0.2, 0) is 9.53 Å². The second-order valence-corrected chi connectivity index (χ2v) is 6.70. The van der Waals surface area contributed by atoms with Crippen molar-refractivity contribution >= 4 is 23.5 Å². The van der Waals surface area contributed by atoms with E-state index >= 15 is 0 Å². The Morgan fingerprint density at radius 3 is 2.77 bits per heavy atom. The van der Waals surface area contributed by atoms with Gasteiger partial charge < -0.3 is 20.3 Å². The maximum absolute atomic E-state index is 12.5. The molecule has 3 rings (SSSR count). The Kier molecular flexibility index (Phi) is 5.41. The highest BCUT2D eigenvalue weighted by Crippen LogP contribution is 2.22. The van der Waals surface area contributed by atoms with Gasteiger partial charge in [0.25, 0.3) is 5.91 Å². The normalized spacial score (nSPS) is 16.8. The quantitative estimate of drug-likeness (QED) is 0.797. The van der Waals surface area contributed by atoms with E-state index in [2.05, 4.69) is 10.6 Å². The molecule has 1 aliphatic carbocycles. The highest BCUT2D eigenvalue weighted by Gasteiger charge is 2.30. The number of nitrogens with one attached hydrogen (secondary N) is 2. The summed E-state index contributed by atoms with van der Waals surface area (Å²) in [5.74, 6) is -0.239. The second-order valence-electron chi connectivity index (χ2n) is 6.70. The lowest BCUT2D eigenvalue weighted by Gasteiger charge is -2.19. The van der Waals surface area contributed by atoms with E-state index in [1.54, 1.807) is 30.2 Å². The van der Waals surface area contributed by atoms with Crippen molar-refractivity contribution in [2.45, 2.75) is 25.8 Å². The molecule has 2 N–H and O–H groups in total. The van der Waals surface area contributed by atoms with Crippen LogP contribution in [0.2, 0.25) is 0 Å². The van der Waals surface area contributed by atoms with Gasteiger partial charge in [0, 0.05) is 30.9 Å². The molecule has 1 aromatic carbocycles. The number of carbonyl (C=O) groups excluding carboxylic acids is 3. The van der Waals surface area contributed by atoms with Gasteiger partial charge in [-0.05, 0) is 37.5 Å². The Morgan fingerprint density at radius 1 is 1.31 bits per heavy atom. The Hall–Kier alpha value is -2.61. The Bertz CT molecular complexity index is 717. The standard InChI is InChI=1S/C18H24N4O4/c1-12-3-4-13(17(24)19-14-5-6-14)9-15(12)20-18(25)22-10-16(23)21(11-22)7-8-26-2/h3-4,9,14H,5-8,10-11H2,1-2H3,(H,19,24)(H,20,25). The third kappa shape index (κ3) is 4.32. The van der Waals surface area contributed by atoms with E-state index in [4.69, 9.17) is 4.74 Å². The summed E-state index contributed by atoms with van der Waals surface area (Å²) >= 11 is 0. The second kappa shape index (κ2) is 7.74. The van der Waals surface area contributed by atoms with Crippen LogP contribution in [0.4, 0.5) is 10.5 Å². The van der Waals surface area contributed by atoms with Crippen LogP contribution in [0, 0.1) is 6.92 Å². The third-order valence-electron chi connectivity index (χ3n) is 4.53. The smallest absolute Gasteiger partial charge is 0.323 e.